The highest BCUT2D eigenvalue weighted by molar-refractivity contribution is 5.25. The summed E-state index contributed by atoms with van der Waals surface area (Å²) in [6.45, 7) is 14.7. The Morgan fingerprint density at radius 3 is 2.57 bits per heavy atom. The van der Waals surface area contributed by atoms with Crippen molar-refractivity contribution in [2.75, 3.05) is 0 Å². The van der Waals surface area contributed by atoms with Crippen molar-refractivity contribution in [2.45, 2.75) is 112 Å². The van der Waals surface area contributed by atoms with E-state index in [1.54, 1.807) is 11.1 Å². The molecule has 0 amide bonds. The lowest BCUT2D eigenvalue weighted by atomic mass is 9.47. The maximum absolute atomic E-state index is 10.2. The number of fused-ring (bicyclic) bond motifs is 5. The molecule has 0 radical (unpaired) electrons. The van der Waals surface area contributed by atoms with Crippen LogP contribution in [0.1, 0.15) is 106 Å². The quantitative estimate of drug-likeness (QED) is 0.454. The van der Waals surface area contributed by atoms with Gasteiger partial charge < -0.3 is 5.11 Å². The van der Waals surface area contributed by atoms with Crippen LogP contribution in [-0.2, 0) is 0 Å². The first-order chi connectivity index (χ1) is 14.2. The molecule has 0 aromatic rings. The standard InChI is InChI=1S/C29H48O/c1-7-21(19(2)3)9-8-20(4)25-12-13-26-24-11-10-22-18-23(30)14-16-28(22,5)27(24)15-17-29(25,26)6/h7,10,19-20,23-27,30H,8-9,11-18H2,1-6H3/b21-7+/t20?,23-,24?,25+,26?,27?,28-,29+/m0/s1. The van der Waals surface area contributed by atoms with E-state index < -0.39 is 0 Å². The molecule has 8 atom stereocenters. The average Bonchev–Trinajstić information content (AvgIpc) is 3.06. The maximum Gasteiger partial charge on any atom is 0.0577 e. The highest BCUT2D eigenvalue weighted by Crippen LogP contribution is 2.67. The molecule has 1 N–H and O–H groups in total. The number of aliphatic hydroxyl groups is 1. The summed E-state index contributed by atoms with van der Waals surface area (Å²) in [7, 11) is 0. The Morgan fingerprint density at radius 1 is 1.10 bits per heavy atom. The smallest absolute Gasteiger partial charge is 0.0577 e. The van der Waals surface area contributed by atoms with Crippen LogP contribution in [0.4, 0.5) is 0 Å². The van der Waals surface area contributed by atoms with Crippen molar-refractivity contribution in [3.63, 3.8) is 0 Å². The first kappa shape index (κ1) is 22.6. The molecule has 0 aromatic heterocycles. The Bertz CT molecular complexity index is 686. The summed E-state index contributed by atoms with van der Waals surface area (Å²) >= 11 is 0. The summed E-state index contributed by atoms with van der Waals surface area (Å²) in [4.78, 5) is 0. The molecule has 170 valence electrons. The zero-order valence-electron chi connectivity index (χ0n) is 20.7. The van der Waals surface area contributed by atoms with Gasteiger partial charge in [-0.05, 0) is 117 Å². The van der Waals surface area contributed by atoms with Gasteiger partial charge >= 0.3 is 0 Å². The number of hydrogen-bond donors (Lipinski definition) is 1. The molecule has 4 aliphatic rings. The van der Waals surface area contributed by atoms with Gasteiger partial charge in [0.15, 0.2) is 0 Å². The van der Waals surface area contributed by atoms with Crippen LogP contribution < -0.4 is 0 Å². The molecule has 0 heterocycles. The van der Waals surface area contributed by atoms with Crippen molar-refractivity contribution in [3.05, 3.63) is 23.3 Å². The van der Waals surface area contributed by atoms with E-state index >= 15 is 0 Å². The Kier molecular flexibility index (Phi) is 6.35. The summed E-state index contributed by atoms with van der Waals surface area (Å²) in [6, 6.07) is 0. The van der Waals surface area contributed by atoms with Crippen LogP contribution in [0.2, 0.25) is 0 Å². The van der Waals surface area contributed by atoms with Crippen LogP contribution in [0.15, 0.2) is 23.3 Å². The second-order valence-corrected chi connectivity index (χ2v) is 12.4. The predicted molar refractivity (Wildman–Crippen MR) is 128 cm³/mol. The molecule has 3 saturated carbocycles. The van der Waals surface area contributed by atoms with Crippen LogP contribution in [0, 0.1) is 46.3 Å². The fourth-order valence-electron chi connectivity index (χ4n) is 8.98. The van der Waals surface area contributed by atoms with Crippen LogP contribution >= 0.6 is 0 Å². The lowest BCUT2D eigenvalue weighted by Crippen LogP contribution is -2.50. The molecule has 4 rings (SSSR count). The van der Waals surface area contributed by atoms with Crippen molar-refractivity contribution in [1.82, 2.24) is 0 Å². The molecule has 0 spiro atoms. The van der Waals surface area contributed by atoms with Gasteiger partial charge in [-0.2, -0.15) is 0 Å². The van der Waals surface area contributed by atoms with E-state index in [-0.39, 0.29) is 6.10 Å². The molecule has 0 saturated heterocycles. The highest BCUT2D eigenvalue weighted by atomic mass is 16.3. The lowest BCUT2D eigenvalue weighted by Gasteiger charge is -2.58. The Labute approximate surface area is 186 Å². The number of hydrogen-bond acceptors (Lipinski definition) is 1. The first-order valence-corrected chi connectivity index (χ1v) is 13.2. The fraction of sp³-hybridized carbons (Fsp3) is 0.862. The Hall–Kier alpha value is -0.560. The van der Waals surface area contributed by atoms with Crippen LogP contribution in [0.5, 0.6) is 0 Å². The molecule has 4 unspecified atom stereocenters. The minimum absolute atomic E-state index is 0.0839. The summed E-state index contributed by atoms with van der Waals surface area (Å²) in [5, 5.41) is 10.2. The van der Waals surface area contributed by atoms with Crippen molar-refractivity contribution >= 4 is 0 Å². The largest absolute Gasteiger partial charge is 0.393 e. The van der Waals surface area contributed by atoms with Crippen molar-refractivity contribution in [1.29, 1.82) is 0 Å². The molecule has 1 nitrogen and oxygen atoms in total. The Morgan fingerprint density at radius 2 is 1.87 bits per heavy atom. The number of aliphatic hydroxyl groups excluding tert-OH is 1. The van der Waals surface area contributed by atoms with Gasteiger partial charge in [-0.25, -0.2) is 0 Å². The van der Waals surface area contributed by atoms with Gasteiger partial charge in [-0.15, -0.1) is 0 Å². The van der Waals surface area contributed by atoms with E-state index in [0.29, 0.717) is 16.7 Å². The molecule has 30 heavy (non-hydrogen) atoms. The summed E-state index contributed by atoms with van der Waals surface area (Å²) in [5.41, 5.74) is 4.21. The van der Waals surface area contributed by atoms with E-state index in [1.165, 1.54) is 51.4 Å². The van der Waals surface area contributed by atoms with E-state index in [2.05, 4.69) is 53.7 Å². The molecular weight excluding hydrogens is 364 g/mol. The molecule has 3 fully saturated rings. The zero-order valence-corrected chi connectivity index (χ0v) is 20.7. The zero-order chi connectivity index (χ0) is 21.7. The van der Waals surface area contributed by atoms with Gasteiger partial charge in [0, 0.05) is 0 Å². The summed E-state index contributed by atoms with van der Waals surface area (Å²) in [5.74, 6) is 5.15. The molecule has 0 aliphatic heterocycles. The third-order valence-corrected chi connectivity index (χ3v) is 10.8. The van der Waals surface area contributed by atoms with Crippen molar-refractivity contribution in [3.8, 4) is 0 Å². The Balaban J connectivity index is 1.49. The van der Waals surface area contributed by atoms with Crippen LogP contribution in [0.25, 0.3) is 0 Å². The predicted octanol–water partition coefficient (Wildman–Crippen LogP) is 7.94. The third kappa shape index (κ3) is 3.66. The molecule has 0 bridgehead atoms. The average molecular weight is 413 g/mol. The monoisotopic (exact) mass is 412 g/mol. The van der Waals surface area contributed by atoms with Gasteiger partial charge in [0.1, 0.15) is 0 Å². The first-order valence-electron chi connectivity index (χ1n) is 13.2. The number of allylic oxidation sites excluding steroid dienone is 3. The second kappa shape index (κ2) is 8.42. The summed E-state index contributed by atoms with van der Waals surface area (Å²) < 4.78 is 0. The van der Waals surface area contributed by atoms with E-state index in [0.717, 1.165) is 42.4 Å². The van der Waals surface area contributed by atoms with Gasteiger partial charge in [0.2, 0.25) is 0 Å². The third-order valence-electron chi connectivity index (χ3n) is 10.8. The van der Waals surface area contributed by atoms with E-state index in [9.17, 15) is 5.11 Å². The molecule has 0 aromatic carbocycles. The minimum atomic E-state index is -0.0839. The van der Waals surface area contributed by atoms with E-state index in [4.69, 9.17) is 0 Å². The van der Waals surface area contributed by atoms with Gasteiger partial charge in [-0.3, -0.25) is 0 Å². The second-order valence-electron chi connectivity index (χ2n) is 12.4. The van der Waals surface area contributed by atoms with Gasteiger partial charge in [0.25, 0.3) is 0 Å². The molecule has 4 aliphatic carbocycles. The highest BCUT2D eigenvalue weighted by Gasteiger charge is 2.59. The van der Waals surface area contributed by atoms with E-state index in [1.807, 2.05) is 0 Å². The van der Waals surface area contributed by atoms with Gasteiger partial charge in [-0.1, -0.05) is 57.9 Å². The fourth-order valence-corrected chi connectivity index (χ4v) is 8.98. The molecule has 1 heteroatoms. The van der Waals surface area contributed by atoms with Crippen LogP contribution in [0.3, 0.4) is 0 Å². The van der Waals surface area contributed by atoms with Crippen molar-refractivity contribution in [2.24, 2.45) is 46.3 Å². The minimum Gasteiger partial charge on any atom is -0.393 e. The normalized spacial score (nSPS) is 44.9. The number of rotatable bonds is 5. The van der Waals surface area contributed by atoms with Crippen LogP contribution in [-0.4, -0.2) is 11.2 Å². The molecular formula is C29H48O. The van der Waals surface area contributed by atoms with Gasteiger partial charge in [0.05, 0.1) is 6.10 Å². The van der Waals surface area contributed by atoms with Crippen molar-refractivity contribution < 1.29 is 5.11 Å². The summed E-state index contributed by atoms with van der Waals surface area (Å²) in [6.07, 6.45) is 17.8. The lowest BCUT2D eigenvalue weighted by molar-refractivity contribution is -0.0571. The maximum atomic E-state index is 10.2. The SMILES string of the molecule is C/C=C(\CCC(C)[C@H]1CCC2C3CC=C4C[C@@H](O)CC[C@]4(C)C3CC[C@@]21C)C(C)C. The topological polar surface area (TPSA) is 20.2 Å².